The molecule has 0 spiro atoms. The highest BCUT2D eigenvalue weighted by molar-refractivity contribution is 6.00. The van der Waals surface area contributed by atoms with Gasteiger partial charge < -0.3 is 9.84 Å². The molecule has 2 aromatic carbocycles. The molecular weight excluding hydrogens is 288 g/mol. The van der Waals surface area contributed by atoms with E-state index in [1.54, 1.807) is 12.1 Å². The van der Waals surface area contributed by atoms with Crippen molar-refractivity contribution in [2.45, 2.75) is 6.42 Å². The summed E-state index contributed by atoms with van der Waals surface area (Å²) in [5.41, 5.74) is 3.77. The fourth-order valence-corrected chi connectivity index (χ4v) is 3.06. The van der Waals surface area contributed by atoms with E-state index in [-0.39, 0.29) is 0 Å². The van der Waals surface area contributed by atoms with Crippen LogP contribution in [0.4, 0.5) is 0 Å². The second-order valence-electron chi connectivity index (χ2n) is 5.44. The summed E-state index contributed by atoms with van der Waals surface area (Å²) in [6.45, 7) is 0. The van der Waals surface area contributed by atoms with E-state index in [4.69, 9.17) is 4.74 Å². The SMILES string of the molecule is O=C(O)c1ccccc1C1=C2C=CCC=C2Oc2ccccc21. The standard InChI is InChI=1S/C20H14O3/c21-20(22)14-8-2-1-7-13(14)19-15-9-3-5-11-17(15)23-18-12-6-4-10-16(18)19/h1-5,7-12H,6H2,(H,21,22). The Hall–Kier alpha value is -3.07. The van der Waals surface area contributed by atoms with Gasteiger partial charge in [0.1, 0.15) is 11.5 Å². The van der Waals surface area contributed by atoms with Gasteiger partial charge in [0.05, 0.1) is 5.56 Å². The fourth-order valence-electron chi connectivity index (χ4n) is 3.06. The van der Waals surface area contributed by atoms with E-state index in [0.29, 0.717) is 11.1 Å². The van der Waals surface area contributed by atoms with E-state index in [1.165, 1.54) is 0 Å². The largest absolute Gasteiger partial charge is 0.478 e. The van der Waals surface area contributed by atoms with E-state index in [1.807, 2.05) is 48.6 Å². The monoisotopic (exact) mass is 302 g/mol. The van der Waals surface area contributed by atoms with Crippen molar-refractivity contribution in [2.75, 3.05) is 0 Å². The molecule has 0 saturated heterocycles. The van der Waals surface area contributed by atoms with Crippen LogP contribution in [0.25, 0.3) is 5.57 Å². The molecule has 4 rings (SSSR count). The summed E-state index contributed by atoms with van der Waals surface area (Å²) in [6.07, 6.45) is 6.91. The third-order valence-corrected chi connectivity index (χ3v) is 4.06. The van der Waals surface area contributed by atoms with Gasteiger partial charge >= 0.3 is 5.97 Å². The minimum atomic E-state index is -0.928. The lowest BCUT2D eigenvalue weighted by Crippen LogP contribution is -2.13. The molecule has 0 atom stereocenters. The third kappa shape index (κ3) is 2.18. The van der Waals surface area contributed by atoms with Crippen LogP contribution in [0.15, 0.2) is 78.1 Å². The number of carboxylic acid groups (broad SMARTS) is 1. The molecule has 23 heavy (non-hydrogen) atoms. The number of allylic oxidation sites excluding steroid dienone is 3. The number of hydrogen-bond acceptors (Lipinski definition) is 2. The average Bonchev–Trinajstić information content (AvgIpc) is 2.59. The maximum atomic E-state index is 11.6. The summed E-state index contributed by atoms with van der Waals surface area (Å²) in [6, 6.07) is 14.8. The lowest BCUT2D eigenvalue weighted by Gasteiger charge is -2.27. The molecule has 2 aliphatic rings. The lowest BCUT2D eigenvalue weighted by atomic mass is 9.86. The number of carboxylic acids is 1. The number of hydrogen-bond donors (Lipinski definition) is 1. The minimum absolute atomic E-state index is 0.296. The van der Waals surface area contributed by atoms with E-state index in [2.05, 4.69) is 6.08 Å². The first kappa shape index (κ1) is 13.6. The Morgan fingerprint density at radius 1 is 1.00 bits per heavy atom. The molecule has 3 heteroatoms. The minimum Gasteiger partial charge on any atom is -0.478 e. The number of fused-ring (bicyclic) bond motifs is 2. The molecule has 3 nitrogen and oxygen atoms in total. The van der Waals surface area contributed by atoms with Gasteiger partial charge in [-0.2, -0.15) is 0 Å². The van der Waals surface area contributed by atoms with Crippen LogP contribution < -0.4 is 4.74 Å². The van der Waals surface area contributed by atoms with Gasteiger partial charge in [-0.25, -0.2) is 4.79 Å². The van der Waals surface area contributed by atoms with Crippen LogP contribution in [0.1, 0.15) is 27.9 Å². The van der Waals surface area contributed by atoms with E-state index in [9.17, 15) is 9.90 Å². The molecule has 0 saturated carbocycles. The fraction of sp³-hybridized carbons (Fsp3) is 0.0500. The van der Waals surface area contributed by atoms with E-state index >= 15 is 0 Å². The molecule has 0 amide bonds. The van der Waals surface area contributed by atoms with Crippen LogP contribution in [-0.4, -0.2) is 11.1 Å². The smallest absolute Gasteiger partial charge is 0.336 e. The van der Waals surface area contributed by atoms with E-state index in [0.717, 1.165) is 34.6 Å². The Balaban J connectivity index is 2.06. The van der Waals surface area contributed by atoms with Crippen molar-refractivity contribution in [3.63, 3.8) is 0 Å². The maximum absolute atomic E-state index is 11.6. The van der Waals surface area contributed by atoms with Crippen LogP contribution in [0.5, 0.6) is 5.75 Å². The van der Waals surface area contributed by atoms with Crippen LogP contribution in [0, 0.1) is 0 Å². The second kappa shape index (κ2) is 5.29. The Labute approximate surface area is 133 Å². The van der Waals surface area contributed by atoms with Gasteiger partial charge in [0.25, 0.3) is 0 Å². The molecule has 1 aliphatic carbocycles. The predicted octanol–water partition coefficient (Wildman–Crippen LogP) is 4.42. The lowest BCUT2D eigenvalue weighted by molar-refractivity contribution is 0.0696. The van der Waals surface area contributed by atoms with Gasteiger partial charge in [0.2, 0.25) is 0 Å². The number of benzene rings is 2. The summed E-state index contributed by atoms with van der Waals surface area (Å²) < 4.78 is 5.99. The maximum Gasteiger partial charge on any atom is 0.336 e. The normalized spacial score (nSPS) is 15.4. The Morgan fingerprint density at radius 3 is 2.57 bits per heavy atom. The molecule has 1 heterocycles. The topological polar surface area (TPSA) is 46.5 Å². The summed E-state index contributed by atoms with van der Waals surface area (Å²) in [5.74, 6) is 0.623. The summed E-state index contributed by atoms with van der Waals surface area (Å²) in [4.78, 5) is 11.6. The van der Waals surface area contributed by atoms with Crippen molar-refractivity contribution in [1.29, 1.82) is 0 Å². The molecule has 0 fully saturated rings. The Morgan fingerprint density at radius 2 is 1.74 bits per heavy atom. The van der Waals surface area contributed by atoms with Gasteiger partial charge in [-0.3, -0.25) is 0 Å². The molecule has 0 bridgehead atoms. The van der Waals surface area contributed by atoms with Crippen LogP contribution >= 0.6 is 0 Å². The average molecular weight is 302 g/mol. The Bertz CT molecular complexity index is 901. The molecule has 2 aromatic rings. The van der Waals surface area contributed by atoms with Crippen molar-refractivity contribution < 1.29 is 14.6 Å². The highest BCUT2D eigenvalue weighted by atomic mass is 16.5. The summed E-state index contributed by atoms with van der Waals surface area (Å²) >= 11 is 0. The quantitative estimate of drug-likeness (QED) is 0.893. The van der Waals surface area contributed by atoms with Gasteiger partial charge in [-0.15, -0.1) is 0 Å². The van der Waals surface area contributed by atoms with Crippen LogP contribution in [0.3, 0.4) is 0 Å². The number of para-hydroxylation sites is 1. The summed E-state index contributed by atoms with van der Waals surface area (Å²) in [7, 11) is 0. The third-order valence-electron chi connectivity index (χ3n) is 4.06. The van der Waals surface area contributed by atoms with Crippen molar-refractivity contribution in [2.24, 2.45) is 0 Å². The molecule has 0 unspecified atom stereocenters. The highest BCUT2D eigenvalue weighted by Gasteiger charge is 2.27. The predicted molar refractivity (Wildman–Crippen MR) is 88.3 cm³/mol. The number of carbonyl (C=O) groups is 1. The molecule has 0 aromatic heterocycles. The number of aromatic carboxylic acids is 1. The molecule has 0 radical (unpaired) electrons. The second-order valence-corrected chi connectivity index (χ2v) is 5.44. The van der Waals surface area contributed by atoms with Crippen molar-refractivity contribution in [3.05, 3.63) is 94.8 Å². The first-order valence-corrected chi connectivity index (χ1v) is 7.47. The van der Waals surface area contributed by atoms with Crippen molar-refractivity contribution in [3.8, 4) is 5.75 Å². The first-order valence-electron chi connectivity index (χ1n) is 7.47. The van der Waals surface area contributed by atoms with Crippen molar-refractivity contribution in [1.82, 2.24) is 0 Å². The van der Waals surface area contributed by atoms with Crippen molar-refractivity contribution >= 4 is 11.5 Å². The van der Waals surface area contributed by atoms with Crippen LogP contribution in [-0.2, 0) is 0 Å². The zero-order chi connectivity index (χ0) is 15.8. The Kier molecular flexibility index (Phi) is 3.12. The van der Waals surface area contributed by atoms with Gasteiger partial charge in [0.15, 0.2) is 0 Å². The van der Waals surface area contributed by atoms with Gasteiger partial charge in [0, 0.05) is 16.7 Å². The highest BCUT2D eigenvalue weighted by Crippen LogP contribution is 2.43. The zero-order valence-electron chi connectivity index (χ0n) is 12.3. The number of ether oxygens (including phenoxy) is 1. The van der Waals surface area contributed by atoms with Crippen LogP contribution in [0.2, 0.25) is 0 Å². The number of rotatable bonds is 2. The summed E-state index contributed by atoms with van der Waals surface area (Å²) in [5, 5.41) is 9.55. The van der Waals surface area contributed by atoms with Gasteiger partial charge in [-0.05, 0) is 30.2 Å². The molecule has 1 N–H and O–H groups in total. The first-order chi connectivity index (χ1) is 11.3. The zero-order valence-corrected chi connectivity index (χ0v) is 12.3. The molecule has 1 aliphatic heterocycles. The molecular formula is C20H14O3. The van der Waals surface area contributed by atoms with E-state index < -0.39 is 5.97 Å². The van der Waals surface area contributed by atoms with Gasteiger partial charge in [-0.1, -0.05) is 48.6 Å². The molecule has 112 valence electrons.